The number of benzene rings is 4. The predicted octanol–water partition coefficient (Wildman–Crippen LogP) is 12.9. The first-order chi connectivity index (χ1) is 26.4. The molecule has 0 amide bonds. The minimum Gasteiger partial charge on any atom is -0.354 e. The van der Waals surface area contributed by atoms with Crippen LogP contribution in [0.5, 0.6) is 0 Å². The van der Waals surface area contributed by atoms with E-state index in [0.29, 0.717) is 0 Å². The number of para-hydroxylation sites is 1. The summed E-state index contributed by atoms with van der Waals surface area (Å²) in [5, 5.41) is 2.61. The number of aromatic amines is 1. The monoisotopic (exact) mass is 716 g/mol. The molecule has 7 aromatic rings. The first kappa shape index (κ1) is 32.7. The molecular weight excluding hydrogens is 677 g/mol. The van der Waals surface area contributed by atoms with E-state index in [2.05, 4.69) is 136 Å². The van der Waals surface area contributed by atoms with Gasteiger partial charge in [0.2, 0.25) is 0 Å². The SMILES string of the molecule is C=C(/N=C\C(=C/C)c1ccc2c(c1)C(C)(C)c1cc(-c3cnc(-c4cccc5c6c([nH]c45)C=CCC6)nc3)ccc1-2)c1cccc2c3c(sc12)C=CCC3. The van der Waals surface area contributed by atoms with Gasteiger partial charge in [-0.2, -0.15) is 0 Å². The van der Waals surface area contributed by atoms with Crippen LogP contribution < -0.4 is 0 Å². The second-order valence-electron chi connectivity index (χ2n) is 15.1. The minimum absolute atomic E-state index is 0.184. The lowest BCUT2D eigenvalue weighted by Gasteiger charge is -2.22. The average Bonchev–Trinajstić information content (AvgIpc) is 3.86. The summed E-state index contributed by atoms with van der Waals surface area (Å²) in [4.78, 5) is 19.7. The molecule has 4 nitrogen and oxygen atoms in total. The lowest BCUT2D eigenvalue weighted by molar-refractivity contribution is 0.660. The van der Waals surface area contributed by atoms with E-state index in [0.717, 1.165) is 76.1 Å². The molecule has 4 aromatic carbocycles. The van der Waals surface area contributed by atoms with Crippen molar-refractivity contribution in [3.8, 4) is 33.6 Å². The van der Waals surface area contributed by atoms with E-state index in [9.17, 15) is 0 Å². The van der Waals surface area contributed by atoms with Crippen LogP contribution in [0.3, 0.4) is 0 Å². The van der Waals surface area contributed by atoms with Gasteiger partial charge in [0.05, 0.1) is 11.2 Å². The number of aliphatic imine (C=N–C) groups is 1. The minimum atomic E-state index is -0.184. The Balaban J connectivity index is 0.920. The summed E-state index contributed by atoms with van der Waals surface area (Å²) in [5.74, 6) is 0.736. The van der Waals surface area contributed by atoms with Gasteiger partial charge in [-0.25, -0.2) is 9.97 Å². The highest BCUT2D eigenvalue weighted by atomic mass is 32.1. The highest BCUT2D eigenvalue weighted by molar-refractivity contribution is 7.20. The zero-order valence-electron chi connectivity index (χ0n) is 30.8. The molecule has 0 aliphatic heterocycles. The highest BCUT2D eigenvalue weighted by Gasteiger charge is 2.36. The molecule has 0 atom stereocenters. The van der Waals surface area contributed by atoms with Crippen LogP contribution in [-0.4, -0.2) is 21.2 Å². The molecule has 3 aromatic heterocycles. The summed E-state index contributed by atoms with van der Waals surface area (Å²) < 4.78 is 1.28. The Morgan fingerprint density at radius 3 is 2.39 bits per heavy atom. The summed E-state index contributed by atoms with van der Waals surface area (Å²) in [6.07, 6.45) is 21.4. The third kappa shape index (κ3) is 5.13. The van der Waals surface area contributed by atoms with Gasteiger partial charge in [0.15, 0.2) is 5.82 Å². The van der Waals surface area contributed by atoms with Gasteiger partial charge in [-0.1, -0.05) is 93.3 Å². The zero-order valence-corrected chi connectivity index (χ0v) is 31.6. The van der Waals surface area contributed by atoms with Crippen LogP contribution in [0.2, 0.25) is 0 Å². The summed E-state index contributed by atoms with van der Waals surface area (Å²) in [6, 6.07) is 26.6. The average molecular weight is 717 g/mol. The van der Waals surface area contributed by atoms with E-state index in [1.807, 2.05) is 29.9 Å². The standard InChI is InChI=1S/C49H40N4S/c1-5-30(26-50-29(2)34-14-10-16-40-38-13-7-9-19-45(38)54-47(34)40)31-20-22-35-36-23-21-32(25-43(36)49(3,4)42(35)24-31)33-27-51-48(52-28-33)41-17-11-15-39-37-12-6-8-18-44(37)53-46(39)41/h5,8-11,14-28,53H,2,6-7,12-13H2,1,3-4H3/b30-5+,50-26-. The van der Waals surface area contributed by atoms with Crippen LogP contribution >= 0.6 is 11.3 Å². The van der Waals surface area contributed by atoms with Gasteiger partial charge in [0.1, 0.15) is 0 Å². The van der Waals surface area contributed by atoms with Gasteiger partial charge in [-0.15, -0.1) is 11.3 Å². The van der Waals surface area contributed by atoms with Crippen LogP contribution in [0.1, 0.15) is 77.6 Å². The molecule has 5 heteroatoms. The van der Waals surface area contributed by atoms with E-state index < -0.39 is 0 Å². The van der Waals surface area contributed by atoms with Gasteiger partial charge in [0.25, 0.3) is 0 Å². The van der Waals surface area contributed by atoms with Crippen molar-refractivity contribution < 1.29 is 0 Å². The molecule has 3 aliphatic rings. The predicted molar refractivity (Wildman–Crippen MR) is 230 cm³/mol. The molecule has 0 saturated heterocycles. The fourth-order valence-corrected chi connectivity index (χ4v) is 10.1. The maximum atomic E-state index is 4.95. The Morgan fingerprint density at radius 1 is 0.815 bits per heavy atom. The maximum Gasteiger partial charge on any atom is 0.161 e. The number of H-pyrrole nitrogens is 1. The Bertz CT molecular complexity index is 2820. The van der Waals surface area contributed by atoms with Gasteiger partial charge in [0, 0.05) is 61.4 Å². The van der Waals surface area contributed by atoms with E-state index in [1.165, 1.54) is 59.4 Å². The molecule has 0 spiro atoms. The Morgan fingerprint density at radius 2 is 1.56 bits per heavy atom. The van der Waals surface area contributed by atoms with Crippen LogP contribution in [0, 0.1) is 0 Å². The van der Waals surface area contributed by atoms with Gasteiger partial charge in [-0.05, 0) is 118 Å². The summed E-state index contributed by atoms with van der Waals surface area (Å²) >= 11 is 1.86. The Hall–Kier alpha value is -5.91. The summed E-state index contributed by atoms with van der Waals surface area (Å²) in [6.45, 7) is 11.2. The number of nitrogens with one attached hydrogen (secondary N) is 1. The lowest BCUT2D eigenvalue weighted by Crippen LogP contribution is -2.15. The van der Waals surface area contributed by atoms with Crippen LogP contribution in [-0.2, 0) is 18.3 Å². The third-order valence-electron chi connectivity index (χ3n) is 11.7. The van der Waals surface area contributed by atoms with Crippen molar-refractivity contribution in [2.45, 2.75) is 51.9 Å². The molecule has 262 valence electrons. The molecule has 0 radical (unpaired) electrons. The first-order valence-corrected chi connectivity index (χ1v) is 19.7. The van der Waals surface area contributed by atoms with Crippen LogP contribution in [0.15, 0.2) is 115 Å². The van der Waals surface area contributed by atoms with Crippen molar-refractivity contribution in [1.29, 1.82) is 0 Å². The van der Waals surface area contributed by atoms with Crippen LogP contribution in [0.25, 0.3) is 78.1 Å². The fourth-order valence-electron chi connectivity index (χ4n) is 8.79. The highest BCUT2D eigenvalue weighted by Crippen LogP contribution is 2.50. The number of fused-ring (bicyclic) bond motifs is 9. The van der Waals surface area contributed by atoms with Crippen molar-refractivity contribution in [1.82, 2.24) is 15.0 Å². The molecule has 54 heavy (non-hydrogen) atoms. The normalized spacial score (nSPS) is 15.5. The number of nitrogens with zero attached hydrogens (tertiary/aromatic N) is 3. The molecule has 0 unspecified atom stereocenters. The second kappa shape index (κ2) is 12.6. The van der Waals surface area contributed by atoms with Gasteiger partial charge in [-0.3, -0.25) is 4.99 Å². The largest absolute Gasteiger partial charge is 0.354 e. The maximum absolute atomic E-state index is 4.95. The molecule has 1 N–H and O–H groups in total. The summed E-state index contributed by atoms with van der Waals surface area (Å²) in [5.41, 5.74) is 17.5. The molecule has 3 heterocycles. The van der Waals surface area contributed by atoms with Crippen LogP contribution in [0.4, 0.5) is 0 Å². The Labute approximate surface area is 320 Å². The van der Waals surface area contributed by atoms with E-state index in [-0.39, 0.29) is 5.41 Å². The number of aromatic nitrogens is 3. The Kier molecular flexibility index (Phi) is 7.64. The molecule has 0 fully saturated rings. The van der Waals surface area contributed by atoms with Crippen molar-refractivity contribution in [3.05, 3.63) is 154 Å². The van der Waals surface area contributed by atoms with E-state index in [4.69, 9.17) is 15.0 Å². The molecule has 3 aliphatic carbocycles. The molecule has 10 rings (SSSR count). The number of rotatable bonds is 6. The van der Waals surface area contributed by atoms with Gasteiger partial charge < -0.3 is 4.98 Å². The molecule has 0 bridgehead atoms. The quantitative estimate of drug-likeness (QED) is 0.174. The lowest BCUT2D eigenvalue weighted by atomic mass is 9.81. The van der Waals surface area contributed by atoms with Crippen molar-refractivity contribution >= 4 is 62.0 Å². The van der Waals surface area contributed by atoms with Crippen molar-refractivity contribution in [2.75, 3.05) is 0 Å². The number of allylic oxidation sites excluding steroid dienone is 4. The number of thiophene rings is 1. The van der Waals surface area contributed by atoms with E-state index >= 15 is 0 Å². The third-order valence-corrected chi connectivity index (χ3v) is 13.0. The summed E-state index contributed by atoms with van der Waals surface area (Å²) in [7, 11) is 0. The molecule has 0 saturated carbocycles. The van der Waals surface area contributed by atoms with Crippen molar-refractivity contribution in [3.63, 3.8) is 0 Å². The fraction of sp³-hybridized carbons (Fsp3) is 0.163. The van der Waals surface area contributed by atoms with Gasteiger partial charge >= 0.3 is 0 Å². The number of hydrogen-bond acceptors (Lipinski definition) is 4. The first-order valence-electron chi connectivity index (χ1n) is 18.9. The van der Waals surface area contributed by atoms with E-state index in [1.54, 1.807) is 0 Å². The zero-order chi connectivity index (χ0) is 36.6. The smallest absolute Gasteiger partial charge is 0.161 e. The second-order valence-corrected chi connectivity index (χ2v) is 16.2. The van der Waals surface area contributed by atoms with Crippen molar-refractivity contribution in [2.24, 2.45) is 4.99 Å². The number of aryl methyl sites for hydroxylation is 2. The number of hydrogen-bond donors (Lipinski definition) is 1. The topological polar surface area (TPSA) is 53.9 Å². The molecular formula is C49H40N4S.